The number of hydrogen-bond acceptors (Lipinski definition) is 5. The molecule has 0 unspecified atom stereocenters. The highest BCUT2D eigenvalue weighted by molar-refractivity contribution is 7.97. The van der Waals surface area contributed by atoms with Crippen molar-refractivity contribution in [3.63, 3.8) is 0 Å². The van der Waals surface area contributed by atoms with Crippen LogP contribution in [0.25, 0.3) is 38.7 Å². The number of fused-ring (bicyclic) bond motifs is 2. The minimum atomic E-state index is -0.113. The van der Waals surface area contributed by atoms with E-state index in [-0.39, 0.29) is 5.54 Å². The van der Waals surface area contributed by atoms with Gasteiger partial charge in [0.25, 0.3) is 0 Å². The smallest absolute Gasteiger partial charge is 0.162 e. The molecule has 2 aromatic heterocycles. The Morgan fingerprint density at radius 3 is 2.35 bits per heavy atom. The summed E-state index contributed by atoms with van der Waals surface area (Å²) in [5, 5.41) is 12.7. The molecule has 152 valence electrons. The molecular formula is C25H21N5S. The molecule has 31 heavy (non-hydrogen) atoms. The number of benzene rings is 3. The van der Waals surface area contributed by atoms with E-state index in [1.807, 2.05) is 35.2 Å². The minimum absolute atomic E-state index is 0.113. The van der Waals surface area contributed by atoms with Crippen LogP contribution in [-0.4, -0.2) is 14.6 Å². The lowest BCUT2D eigenvalue weighted by Crippen LogP contribution is -2.18. The monoisotopic (exact) mass is 423 g/mol. The maximum Gasteiger partial charge on any atom is 0.162 e. The third-order valence-electron chi connectivity index (χ3n) is 6.24. The fourth-order valence-corrected chi connectivity index (χ4v) is 4.69. The molecule has 6 rings (SSSR count). The lowest BCUT2D eigenvalue weighted by Gasteiger charge is -2.10. The van der Waals surface area contributed by atoms with Gasteiger partial charge in [0.05, 0.1) is 6.20 Å². The number of nitrogens with zero attached hydrogens (tertiary/aromatic N) is 3. The molecular weight excluding hydrogens is 402 g/mol. The van der Waals surface area contributed by atoms with Gasteiger partial charge in [0.15, 0.2) is 5.65 Å². The zero-order valence-electron chi connectivity index (χ0n) is 16.8. The van der Waals surface area contributed by atoms with Crippen LogP contribution in [0.15, 0.2) is 84.1 Å². The van der Waals surface area contributed by atoms with Gasteiger partial charge < -0.3 is 5.73 Å². The van der Waals surface area contributed by atoms with Gasteiger partial charge in [-0.15, -0.1) is 0 Å². The van der Waals surface area contributed by atoms with E-state index in [1.165, 1.54) is 17.5 Å². The molecule has 1 saturated carbocycles. The fourth-order valence-electron chi connectivity index (χ4n) is 4.24. The summed E-state index contributed by atoms with van der Waals surface area (Å²) < 4.78 is 1.85. The second kappa shape index (κ2) is 6.92. The second-order valence-corrected chi connectivity index (χ2v) is 8.85. The highest BCUT2D eigenvalue weighted by atomic mass is 32.2. The lowest BCUT2D eigenvalue weighted by molar-refractivity contribution is 0.740. The standard InChI is InChI=1S/C25H21N5S/c26-25(11-12-25)18-7-5-16(6-8-18)17-13-28-24-22(14-29-30(24)15-17)20-9-10-23(31-27)21-4-2-1-3-19(20)21/h1-10,13-15H,11-12,26-27H2. The first-order valence-corrected chi connectivity index (χ1v) is 11.2. The van der Waals surface area contributed by atoms with Gasteiger partial charge in [-0.05, 0) is 58.3 Å². The van der Waals surface area contributed by atoms with Crippen molar-refractivity contribution in [2.45, 2.75) is 23.3 Å². The summed E-state index contributed by atoms with van der Waals surface area (Å²) in [5.41, 5.74) is 12.5. The molecule has 0 radical (unpaired) electrons. The van der Waals surface area contributed by atoms with Gasteiger partial charge in [-0.2, -0.15) is 5.10 Å². The first-order valence-electron chi connectivity index (χ1n) is 10.3. The molecule has 5 nitrogen and oxygen atoms in total. The van der Waals surface area contributed by atoms with Gasteiger partial charge in [-0.1, -0.05) is 54.6 Å². The molecule has 5 aromatic rings. The van der Waals surface area contributed by atoms with Crippen molar-refractivity contribution in [3.8, 4) is 22.3 Å². The highest BCUT2D eigenvalue weighted by Crippen LogP contribution is 2.43. The van der Waals surface area contributed by atoms with Crippen molar-refractivity contribution in [1.29, 1.82) is 0 Å². The number of hydrogen-bond donors (Lipinski definition) is 2. The molecule has 0 spiro atoms. The van der Waals surface area contributed by atoms with Gasteiger partial charge >= 0.3 is 0 Å². The Hall–Kier alpha value is -3.19. The fraction of sp³-hybridized carbons (Fsp3) is 0.120. The van der Waals surface area contributed by atoms with E-state index in [1.54, 1.807) is 0 Å². The van der Waals surface area contributed by atoms with Gasteiger partial charge in [0.2, 0.25) is 0 Å². The van der Waals surface area contributed by atoms with Crippen LogP contribution in [0.4, 0.5) is 0 Å². The Morgan fingerprint density at radius 1 is 0.839 bits per heavy atom. The van der Waals surface area contributed by atoms with Crippen LogP contribution in [0.1, 0.15) is 18.4 Å². The van der Waals surface area contributed by atoms with E-state index in [4.69, 9.17) is 15.9 Å². The van der Waals surface area contributed by atoms with Crippen molar-refractivity contribution < 1.29 is 0 Å². The Kier molecular flexibility index (Phi) is 4.14. The summed E-state index contributed by atoms with van der Waals surface area (Å²) in [6.07, 6.45) is 7.96. The molecule has 6 heteroatoms. The molecule has 0 atom stereocenters. The Morgan fingerprint density at radius 2 is 1.61 bits per heavy atom. The van der Waals surface area contributed by atoms with E-state index in [0.717, 1.165) is 56.4 Å². The average molecular weight is 424 g/mol. The van der Waals surface area contributed by atoms with Crippen molar-refractivity contribution >= 4 is 28.4 Å². The Balaban J connectivity index is 1.43. The van der Waals surface area contributed by atoms with E-state index >= 15 is 0 Å². The zero-order chi connectivity index (χ0) is 21.0. The number of nitrogens with two attached hydrogens (primary N) is 2. The molecule has 0 aliphatic heterocycles. The molecule has 0 bridgehead atoms. The minimum Gasteiger partial charge on any atom is -0.321 e. The van der Waals surface area contributed by atoms with Crippen molar-refractivity contribution in [3.05, 3.63) is 84.8 Å². The molecule has 0 saturated heterocycles. The van der Waals surface area contributed by atoms with E-state index in [0.29, 0.717) is 0 Å². The Bertz CT molecular complexity index is 1430. The third kappa shape index (κ3) is 3.03. The number of rotatable bonds is 4. The summed E-state index contributed by atoms with van der Waals surface area (Å²) >= 11 is 1.27. The average Bonchev–Trinajstić information content (AvgIpc) is 3.44. The molecule has 0 amide bonds. The summed E-state index contributed by atoms with van der Waals surface area (Å²) in [4.78, 5) is 5.83. The number of aromatic nitrogens is 3. The summed E-state index contributed by atoms with van der Waals surface area (Å²) in [7, 11) is 0. The quantitative estimate of drug-likeness (QED) is 0.392. The molecule has 2 heterocycles. The normalized spacial score (nSPS) is 14.9. The van der Waals surface area contributed by atoms with E-state index in [9.17, 15) is 0 Å². The summed E-state index contributed by atoms with van der Waals surface area (Å²) in [5.74, 6) is 0. The van der Waals surface area contributed by atoms with E-state index in [2.05, 4.69) is 53.6 Å². The van der Waals surface area contributed by atoms with Crippen LogP contribution in [0.5, 0.6) is 0 Å². The molecule has 1 fully saturated rings. The van der Waals surface area contributed by atoms with Crippen LogP contribution in [0.2, 0.25) is 0 Å². The van der Waals surface area contributed by atoms with Crippen LogP contribution in [0.3, 0.4) is 0 Å². The zero-order valence-corrected chi connectivity index (χ0v) is 17.6. The van der Waals surface area contributed by atoms with Crippen molar-refractivity contribution in [1.82, 2.24) is 14.6 Å². The molecule has 1 aliphatic rings. The SMILES string of the molecule is NSc1ccc(-c2cnn3cc(-c4ccc(C5(N)CC5)cc4)cnc23)c2ccccc12. The van der Waals surface area contributed by atoms with Crippen LogP contribution in [-0.2, 0) is 5.54 Å². The van der Waals surface area contributed by atoms with Crippen molar-refractivity contribution in [2.75, 3.05) is 0 Å². The van der Waals surface area contributed by atoms with Crippen LogP contribution >= 0.6 is 11.9 Å². The Labute approximate surface area is 184 Å². The van der Waals surface area contributed by atoms with Crippen LogP contribution in [0, 0.1) is 0 Å². The van der Waals surface area contributed by atoms with Gasteiger partial charge in [-0.25, -0.2) is 9.50 Å². The largest absolute Gasteiger partial charge is 0.321 e. The molecule has 4 N–H and O–H groups in total. The maximum atomic E-state index is 6.31. The second-order valence-electron chi connectivity index (χ2n) is 8.18. The summed E-state index contributed by atoms with van der Waals surface area (Å²) in [6, 6.07) is 21.0. The van der Waals surface area contributed by atoms with Crippen LogP contribution < -0.4 is 10.9 Å². The van der Waals surface area contributed by atoms with E-state index < -0.39 is 0 Å². The van der Waals surface area contributed by atoms with Crippen molar-refractivity contribution in [2.24, 2.45) is 10.9 Å². The van der Waals surface area contributed by atoms with Gasteiger partial charge in [0.1, 0.15) is 0 Å². The molecule has 1 aliphatic carbocycles. The predicted octanol–water partition coefficient (Wildman–Crippen LogP) is 5.13. The first-order chi connectivity index (χ1) is 15.2. The lowest BCUT2D eigenvalue weighted by atomic mass is 10.00. The van der Waals surface area contributed by atoms with Gasteiger partial charge in [0, 0.05) is 34.0 Å². The maximum absolute atomic E-state index is 6.31. The highest BCUT2D eigenvalue weighted by Gasteiger charge is 2.39. The first kappa shape index (κ1) is 18.6. The molecule has 3 aromatic carbocycles. The third-order valence-corrected chi connectivity index (χ3v) is 6.85. The van der Waals surface area contributed by atoms with Gasteiger partial charge in [-0.3, -0.25) is 5.14 Å². The summed E-state index contributed by atoms with van der Waals surface area (Å²) in [6.45, 7) is 0. The topological polar surface area (TPSA) is 82.2 Å². The predicted molar refractivity (Wildman–Crippen MR) is 127 cm³/mol.